The molecule has 23 heavy (non-hydrogen) atoms. The Morgan fingerprint density at radius 3 is 2.61 bits per heavy atom. The average molecular weight is 305 g/mol. The standard InChI is InChI=1S/C20H19NO2/c1-2-12-23-19-9-5-8-17(14-19)20(22)21-18-11-10-15-6-3-4-7-16(15)13-18/h3-11,13-14H,2,12H2,1H3,(H,21,22). The molecule has 0 saturated carbocycles. The average Bonchev–Trinajstić information content (AvgIpc) is 2.60. The van der Waals surface area contributed by atoms with Crippen LogP contribution in [0.5, 0.6) is 5.75 Å². The molecule has 3 heteroatoms. The van der Waals surface area contributed by atoms with Gasteiger partial charge in [-0.3, -0.25) is 4.79 Å². The number of hydrogen-bond acceptors (Lipinski definition) is 2. The second-order valence-corrected chi connectivity index (χ2v) is 5.39. The number of nitrogens with one attached hydrogen (secondary N) is 1. The van der Waals surface area contributed by atoms with Gasteiger partial charge >= 0.3 is 0 Å². The summed E-state index contributed by atoms with van der Waals surface area (Å²) >= 11 is 0. The highest BCUT2D eigenvalue weighted by atomic mass is 16.5. The highest BCUT2D eigenvalue weighted by molar-refractivity contribution is 6.05. The fourth-order valence-electron chi connectivity index (χ4n) is 2.42. The maximum Gasteiger partial charge on any atom is 0.255 e. The molecule has 0 spiro atoms. The van der Waals surface area contributed by atoms with Gasteiger partial charge in [0.2, 0.25) is 0 Å². The van der Waals surface area contributed by atoms with Crippen LogP contribution >= 0.6 is 0 Å². The first-order valence-corrected chi connectivity index (χ1v) is 7.79. The highest BCUT2D eigenvalue weighted by Crippen LogP contribution is 2.20. The molecule has 0 heterocycles. The molecule has 0 aromatic heterocycles. The molecule has 0 fully saturated rings. The number of ether oxygens (including phenoxy) is 1. The number of anilines is 1. The van der Waals surface area contributed by atoms with Crippen LogP contribution in [-0.4, -0.2) is 12.5 Å². The Labute approximate surface area is 135 Å². The third kappa shape index (κ3) is 3.69. The van der Waals surface area contributed by atoms with Gasteiger partial charge in [0.1, 0.15) is 5.75 Å². The van der Waals surface area contributed by atoms with Crippen LogP contribution in [0, 0.1) is 0 Å². The van der Waals surface area contributed by atoms with Gasteiger partial charge in [0.25, 0.3) is 5.91 Å². The van der Waals surface area contributed by atoms with Gasteiger partial charge in [-0.25, -0.2) is 0 Å². The maximum absolute atomic E-state index is 12.4. The zero-order valence-electron chi connectivity index (χ0n) is 13.1. The number of fused-ring (bicyclic) bond motifs is 1. The predicted octanol–water partition coefficient (Wildman–Crippen LogP) is 4.88. The minimum Gasteiger partial charge on any atom is -0.494 e. The second kappa shape index (κ2) is 6.97. The monoisotopic (exact) mass is 305 g/mol. The summed E-state index contributed by atoms with van der Waals surface area (Å²) in [6.07, 6.45) is 0.938. The van der Waals surface area contributed by atoms with E-state index in [1.54, 1.807) is 12.1 Å². The van der Waals surface area contributed by atoms with Crippen LogP contribution in [0.15, 0.2) is 66.7 Å². The van der Waals surface area contributed by atoms with Gasteiger partial charge < -0.3 is 10.1 Å². The number of carbonyl (C=O) groups excluding carboxylic acids is 1. The van der Waals surface area contributed by atoms with Crippen molar-refractivity contribution >= 4 is 22.4 Å². The molecule has 0 saturated heterocycles. The highest BCUT2D eigenvalue weighted by Gasteiger charge is 2.07. The van der Waals surface area contributed by atoms with Crippen LogP contribution in [0.2, 0.25) is 0 Å². The van der Waals surface area contributed by atoms with Crippen molar-refractivity contribution in [1.29, 1.82) is 0 Å². The largest absolute Gasteiger partial charge is 0.494 e. The van der Waals surface area contributed by atoms with Crippen LogP contribution in [0.3, 0.4) is 0 Å². The SMILES string of the molecule is CCCOc1cccc(C(=O)Nc2ccc3ccccc3c2)c1. The zero-order valence-corrected chi connectivity index (χ0v) is 13.1. The molecule has 3 rings (SSSR count). The normalized spacial score (nSPS) is 10.5. The van der Waals surface area contributed by atoms with E-state index in [2.05, 4.69) is 18.3 Å². The van der Waals surface area contributed by atoms with Crippen molar-refractivity contribution in [3.8, 4) is 5.75 Å². The van der Waals surface area contributed by atoms with Gasteiger partial charge in [0.15, 0.2) is 0 Å². The van der Waals surface area contributed by atoms with Gasteiger partial charge in [-0.05, 0) is 47.5 Å². The van der Waals surface area contributed by atoms with Crippen LogP contribution in [0.1, 0.15) is 23.7 Å². The first kappa shape index (κ1) is 15.1. The topological polar surface area (TPSA) is 38.3 Å². The molecule has 3 aromatic rings. The summed E-state index contributed by atoms with van der Waals surface area (Å²) in [5, 5.41) is 5.19. The lowest BCUT2D eigenvalue weighted by atomic mass is 10.1. The molecule has 1 amide bonds. The van der Waals surface area contributed by atoms with Crippen LogP contribution < -0.4 is 10.1 Å². The van der Waals surface area contributed by atoms with Gasteiger partial charge in [0, 0.05) is 11.3 Å². The van der Waals surface area contributed by atoms with Crippen molar-refractivity contribution in [3.05, 3.63) is 72.3 Å². The zero-order chi connectivity index (χ0) is 16.1. The number of hydrogen-bond donors (Lipinski definition) is 1. The Bertz CT molecular complexity index is 826. The molecular formula is C20H19NO2. The lowest BCUT2D eigenvalue weighted by Gasteiger charge is -2.09. The van der Waals surface area contributed by atoms with Crippen molar-refractivity contribution in [2.24, 2.45) is 0 Å². The maximum atomic E-state index is 12.4. The lowest BCUT2D eigenvalue weighted by Crippen LogP contribution is -2.12. The van der Waals surface area contributed by atoms with Crippen molar-refractivity contribution in [2.75, 3.05) is 11.9 Å². The Kier molecular flexibility index (Phi) is 4.57. The summed E-state index contributed by atoms with van der Waals surface area (Å²) < 4.78 is 5.57. The smallest absolute Gasteiger partial charge is 0.255 e. The third-order valence-electron chi connectivity index (χ3n) is 3.58. The third-order valence-corrected chi connectivity index (χ3v) is 3.58. The first-order valence-electron chi connectivity index (χ1n) is 7.79. The summed E-state index contributed by atoms with van der Waals surface area (Å²) in [5.41, 5.74) is 1.38. The number of amides is 1. The van der Waals surface area contributed by atoms with Crippen molar-refractivity contribution < 1.29 is 9.53 Å². The first-order chi connectivity index (χ1) is 11.3. The Morgan fingerprint density at radius 2 is 1.78 bits per heavy atom. The number of carbonyl (C=O) groups is 1. The van der Waals surface area contributed by atoms with E-state index in [1.165, 1.54) is 0 Å². The van der Waals surface area contributed by atoms with Gasteiger partial charge in [-0.1, -0.05) is 43.3 Å². The number of rotatable bonds is 5. The van der Waals surface area contributed by atoms with Crippen molar-refractivity contribution in [2.45, 2.75) is 13.3 Å². The van der Waals surface area contributed by atoms with Crippen LogP contribution in [-0.2, 0) is 0 Å². The van der Waals surface area contributed by atoms with E-state index >= 15 is 0 Å². The molecule has 0 bridgehead atoms. The molecule has 0 radical (unpaired) electrons. The van der Waals surface area contributed by atoms with Crippen molar-refractivity contribution in [1.82, 2.24) is 0 Å². The molecule has 3 nitrogen and oxygen atoms in total. The van der Waals surface area contributed by atoms with E-state index in [-0.39, 0.29) is 5.91 Å². The van der Waals surface area contributed by atoms with Crippen LogP contribution in [0.4, 0.5) is 5.69 Å². The molecule has 0 aliphatic carbocycles. The van der Waals surface area contributed by atoms with Gasteiger partial charge in [-0.2, -0.15) is 0 Å². The minimum absolute atomic E-state index is 0.137. The Morgan fingerprint density at radius 1 is 0.957 bits per heavy atom. The molecular weight excluding hydrogens is 286 g/mol. The summed E-state index contributed by atoms with van der Waals surface area (Å²) in [7, 11) is 0. The van der Waals surface area contributed by atoms with Crippen LogP contribution in [0.25, 0.3) is 10.8 Å². The van der Waals surface area contributed by atoms with E-state index in [9.17, 15) is 4.79 Å². The summed E-state index contributed by atoms with van der Waals surface area (Å²) in [6, 6.07) is 21.2. The summed E-state index contributed by atoms with van der Waals surface area (Å²) in [5.74, 6) is 0.584. The molecule has 0 aliphatic heterocycles. The fraction of sp³-hybridized carbons (Fsp3) is 0.150. The fourth-order valence-corrected chi connectivity index (χ4v) is 2.42. The molecule has 0 atom stereocenters. The van der Waals surface area contributed by atoms with E-state index in [0.29, 0.717) is 12.2 Å². The Balaban J connectivity index is 1.77. The number of benzene rings is 3. The van der Waals surface area contributed by atoms with Gasteiger partial charge in [-0.15, -0.1) is 0 Å². The molecule has 0 aliphatic rings. The van der Waals surface area contributed by atoms with Gasteiger partial charge in [0.05, 0.1) is 6.61 Å². The second-order valence-electron chi connectivity index (χ2n) is 5.39. The quantitative estimate of drug-likeness (QED) is 0.729. The minimum atomic E-state index is -0.137. The van der Waals surface area contributed by atoms with E-state index in [4.69, 9.17) is 4.74 Å². The van der Waals surface area contributed by atoms with E-state index in [1.807, 2.05) is 48.5 Å². The molecule has 0 unspecified atom stereocenters. The van der Waals surface area contributed by atoms with E-state index < -0.39 is 0 Å². The molecule has 3 aromatic carbocycles. The van der Waals surface area contributed by atoms with Crippen molar-refractivity contribution in [3.63, 3.8) is 0 Å². The predicted molar refractivity (Wildman–Crippen MR) is 94.1 cm³/mol. The molecule has 116 valence electrons. The molecule has 1 N–H and O–H groups in total. The Hall–Kier alpha value is -2.81. The van der Waals surface area contributed by atoms with E-state index in [0.717, 1.165) is 28.6 Å². The lowest BCUT2D eigenvalue weighted by molar-refractivity contribution is 0.102. The summed E-state index contributed by atoms with van der Waals surface area (Å²) in [4.78, 5) is 12.4. The summed E-state index contributed by atoms with van der Waals surface area (Å²) in [6.45, 7) is 2.70.